The number of benzene rings is 1. The SMILES string of the molecule is Cc1cc(C)c2c(c1)C[C@@H]1[C@@]3(C)CCC(=O)C(C)(C)[C@@H]3CC[C@@]21C. The molecule has 3 aliphatic carbocycles. The van der Waals surface area contributed by atoms with Gasteiger partial charge in [0, 0.05) is 11.8 Å². The first kappa shape index (κ1) is 16.4. The number of carbonyl (C=O) groups is 1. The van der Waals surface area contributed by atoms with Crippen LogP contribution in [0.2, 0.25) is 0 Å². The highest BCUT2D eigenvalue weighted by atomic mass is 16.1. The highest BCUT2D eigenvalue weighted by Crippen LogP contribution is 2.67. The van der Waals surface area contributed by atoms with Crippen molar-refractivity contribution in [2.75, 3.05) is 0 Å². The summed E-state index contributed by atoms with van der Waals surface area (Å²) in [5.74, 6) is 1.72. The Bertz CT molecular complexity index is 728. The summed E-state index contributed by atoms with van der Waals surface area (Å²) >= 11 is 0. The zero-order valence-electron chi connectivity index (χ0n) is 16.3. The molecule has 0 unspecified atom stereocenters. The molecule has 4 atom stereocenters. The van der Waals surface area contributed by atoms with Crippen molar-refractivity contribution < 1.29 is 4.79 Å². The van der Waals surface area contributed by atoms with E-state index in [0.29, 0.717) is 28.4 Å². The molecule has 1 heteroatoms. The Labute approximate surface area is 147 Å². The molecule has 0 N–H and O–H groups in total. The van der Waals surface area contributed by atoms with Gasteiger partial charge in [-0.3, -0.25) is 4.79 Å². The summed E-state index contributed by atoms with van der Waals surface area (Å²) in [7, 11) is 0. The summed E-state index contributed by atoms with van der Waals surface area (Å²) in [6, 6.07) is 4.80. The Hall–Kier alpha value is -1.11. The number of Topliss-reactive ketones (excluding diaryl/α,β-unsaturated/α-hetero) is 1. The largest absolute Gasteiger partial charge is 0.299 e. The number of aryl methyl sites for hydroxylation is 2. The first-order valence-electron chi connectivity index (χ1n) is 9.74. The maximum atomic E-state index is 12.6. The van der Waals surface area contributed by atoms with Crippen LogP contribution < -0.4 is 0 Å². The summed E-state index contributed by atoms with van der Waals surface area (Å²) in [4.78, 5) is 12.6. The van der Waals surface area contributed by atoms with Gasteiger partial charge in [-0.15, -0.1) is 0 Å². The van der Waals surface area contributed by atoms with Crippen LogP contribution in [0, 0.1) is 36.5 Å². The van der Waals surface area contributed by atoms with E-state index in [4.69, 9.17) is 0 Å². The number of hydrogen-bond acceptors (Lipinski definition) is 1. The Morgan fingerprint density at radius 3 is 2.42 bits per heavy atom. The topological polar surface area (TPSA) is 17.1 Å². The third-order valence-electron chi connectivity index (χ3n) is 8.35. The number of rotatable bonds is 0. The van der Waals surface area contributed by atoms with Crippen LogP contribution in [-0.2, 0) is 16.6 Å². The minimum atomic E-state index is -0.145. The fourth-order valence-electron chi connectivity index (χ4n) is 7.36. The van der Waals surface area contributed by atoms with Crippen molar-refractivity contribution in [3.05, 3.63) is 34.4 Å². The number of carbonyl (C=O) groups excluding carboxylic acids is 1. The molecule has 0 saturated heterocycles. The molecule has 0 bridgehead atoms. The number of ketones is 1. The van der Waals surface area contributed by atoms with E-state index in [1.807, 2.05) is 0 Å². The van der Waals surface area contributed by atoms with Crippen LogP contribution in [0.1, 0.15) is 75.6 Å². The summed E-state index contributed by atoms with van der Waals surface area (Å²) in [5.41, 5.74) is 6.58. The van der Waals surface area contributed by atoms with E-state index in [1.165, 1.54) is 30.4 Å². The second kappa shape index (κ2) is 4.74. The van der Waals surface area contributed by atoms with Gasteiger partial charge in [0.25, 0.3) is 0 Å². The fourth-order valence-corrected chi connectivity index (χ4v) is 7.36. The van der Waals surface area contributed by atoms with Gasteiger partial charge in [0.15, 0.2) is 0 Å². The molecule has 0 aromatic heterocycles. The average molecular weight is 325 g/mol. The molecule has 24 heavy (non-hydrogen) atoms. The molecule has 2 fully saturated rings. The molecule has 0 heterocycles. The molecule has 0 aliphatic heterocycles. The average Bonchev–Trinajstić information content (AvgIpc) is 2.77. The lowest BCUT2D eigenvalue weighted by Gasteiger charge is -2.60. The van der Waals surface area contributed by atoms with Crippen molar-refractivity contribution in [1.29, 1.82) is 0 Å². The molecule has 130 valence electrons. The van der Waals surface area contributed by atoms with Gasteiger partial charge in [-0.2, -0.15) is 0 Å². The molecule has 3 aliphatic rings. The highest BCUT2D eigenvalue weighted by Gasteiger charge is 2.62. The summed E-state index contributed by atoms with van der Waals surface area (Å²) in [6.45, 7) is 14.0. The lowest BCUT2D eigenvalue weighted by molar-refractivity contribution is -0.151. The van der Waals surface area contributed by atoms with Crippen LogP contribution in [0.3, 0.4) is 0 Å². The monoisotopic (exact) mass is 324 g/mol. The molecule has 2 saturated carbocycles. The van der Waals surface area contributed by atoms with Gasteiger partial charge in [0.1, 0.15) is 5.78 Å². The predicted octanol–water partition coefficient (Wildman–Crippen LogP) is 5.54. The predicted molar refractivity (Wildman–Crippen MR) is 99.3 cm³/mol. The maximum Gasteiger partial charge on any atom is 0.138 e. The second-order valence-corrected chi connectivity index (χ2v) is 10.0. The zero-order chi connectivity index (χ0) is 17.5. The maximum absolute atomic E-state index is 12.6. The number of fused-ring (bicyclic) bond motifs is 5. The Morgan fingerprint density at radius 1 is 1.00 bits per heavy atom. The minimum Gasteiger partial charge on any atom is -0.299 e. The van der Waals surface area contributed by atoms with Crippen LogP contribution >= 0.6 is 0 Å². The molecule has 0 spiro atoms. The molecule has 0 radical (unpaired) electrons. The van der Waals surface area contributed by atoms with Crippen molar-refractivity contribution in [2.24, 2.45) is 22.7 Å². The molecule has 0 amide bonds. The molecule has 1 aromatic carbocycles. The van der Waals surface area contributed by atoms with E-state index >= 15 is 0 Å². The quantitative estimate of drug-likeness (QED) is 0.612. The van der Waals surface area contributed by atoms with Gasteiger partial charge in [0.2, 0.25) is 0 Å². The summed E-state index contributed by atoms with van der Waals surface area (Å²) in [6.07, 6.45) is 5.53. The molecular formula is C23H32O. The van der Waals surface area contributed by atoms with Crippen molar-refractivity contribution >= 4 is 5.78 Å². The van der Waals surface area contributed by atoms with Crippen LogP contribution in [0.25, 0.3) is 0 Å². The van der Waals surface area contributed by atoms with E-state index in [2.05, 4.69) is 53.7 Å². The van der Waals surface area contributed by atoms with Crippen LogP contribution in [0.4, 0.5) is 0 Å². The first-order chi connectivity index (χ1) is 11.1. The van der Waals surface area contributed by atoms with Gasteiger partial charge < -0.3 is 0 Å². The molecule has 1 nitrogen and oxygen atoms in total. The lowest BCUT2D eigenvalue weighted by atomic mass is 9.43. The highest BCUT2D eigenvalue weighted by molar-refractivity contribution is 5.85. The fraction of sp³-hybridized carbons (Fsp3) is 0.696. The van der Waals surface area contributed by atoms with Crippen molar-refractivity contribution in [1.82, 2.24) is 0 Å². The summed E-state index contributed by atoms with van der Waals surface area (Å²) in [5, 5.41) is 0. The van der Waals surface area contributed by atoms with E-state index in [0.717, 1.165) is 12.8 Å². The van der Waals surface area contributed by atoms with E-state index in [-0.39, 0.29) is 5.41 Å². The first-order valence-corrected chi connectivity index (χ1v) is 9.74. The minimum absolute atomic E-state index is 0.145. The molecular weight excluding hydrogens is 292 g/mol. The van der Waals surface area contributed by atoms with Crippen LogP contribution in [-0.4, -0.2) is 5.78 Å². The van der Waals surface area contributed by atoms with Crippen molar-refractivity contribution in [2.45, 2.75) is 79.1 Å². The third-order valence-corrected chi connectivity index (χ3v) is 8.35. The molecule has 1 aromatic rings. The summed E-state index contributed by atoms with van der Waals surface area (Å²) < 4.78 is 0. The van der Waals surface area contributed by atoms with Gasteiger partial charge in [0.05, 0.1) is 0 Å². The smallest absolute Gasteiger partial charge is 0.138 e. The van der Waals surface area contributed by atoms with Gasteiger partial charge in [-0.25, -0.2) is 0 Å². The second-order valence-electron chi connectivity index (χ2n) is 10.0. The molecule has 4 rings (SSSR count). The van der Waals surface area contributed by atoms with Crippen LogP contribution in [0.15, 0.2) is 12.1 Å². The van der Waals surface area contributed by atoms with E-state index in [1.54, 1.807) is 11.1 Å². The van der Waals surface area contributed by atoms with Gasteiger partial charge >= 0.3 is 0 Å². The Kier molecular flexibility index (Phi) is 3.23. The van der Waals surface area contributed by atoms with E-state index in [9.17, 15) is 4.79 Å². The standard InChI is InChI=1S/C23H32O/c1-14-11-15(2)20-16(12-14)13-18-22(5)10-8-19(24)21(3,4)17(22)7-9-23(18,20)6/h11-12,17-18H,7-10,13H2,1-6H3/t17-,18+,22-,23+/m0/s1. The third kappa shape index (κ3) is 1.85. The lowest BCUT2D eigenvalue weighted by Crippen LogP contribution is -2.57. The van der Waals surface area contributed by atoms with E-state index < -0.39 is 0 Å². The number of hydrogen-bond donors (Lipinski definition) is 0. The zero-order valence-corrected chi connectivity index (χ0v) is 16.3. The van der Waals surface area contributed by atoms with Crippen LogP contribution in [0.5, 0.6) is 0 Å². The Morgan fingerprint density at radius 2 is 1.71 bits per heavy atom. The van der Waals surface area contributed by atoms with Crippen molar-refractivity contribution in [3.63, 3.8) is 0 Å². The van der Waals surface area contributed by atoms with Crippen molar-refractivity contribution in [3.8, 4) is 0 Å². The van der Waals surface area contributed by atoms with Gasteiger partial charge in [-0.1, -0.05) is 45.4 Å². The normalized spacial score (nSPS) is 40.0. The van der Waals surface area contributed by atoms with Gasteiger partial charge in [-0.05, 0) is 78.9 Å². The Balaban J connectivity index is 1.84.